The van der Waals surface area contributed by atoms with Crippen LogP contribution in [0.2, 0.25) is 0 Å². The molecule has 0 radical (unpaired) electrons. The number of nitrogens with zero attached hydrogens (tertiary/aromatic N) is 2. The molecule has 3 rings (SSSR count). The van der Waals surface area contributed by atoms with Gasteiger partial charge >= 0.3 is 6.03 Å². The van der Waals surface area contributed by atoms with E-state index in [1.165, 1.54) is 28.5 Å². The van der Waals surface area contributed by atoms with Crippen molar-refractivity contribution in [2.24, 2.45) is 0 Å². The molecule has 0 aromatic carbocycles. The topological polar surface area (TPSA) is 69.7 Å². The summed E-state index contributed by atoms with van der Waals surface area (Å²) in [6.07, 6.45) is 4.46. The first kappa shape index (κ1) is 15.8. The zero-order chi connectivity index (χ0) is 15.6. The number of hydrogen-bond donors (Lipinski definition) is 1. The summed E-state index contributed by atoms with van der Waals surface area (Å²) in [5.74, 6) is 0. The van der Waals surface area contributed by atoms with E-state index < -0.39 is 10.0 Å². The SMILES string of the molecule is O=C(NC1CCCC1)N1CCN(S(=O)(=O)c2cccs2)CC1. The smallest absolute Gasteiger partial charge is 0.317 e. The van der Waals surface area contributed by atoms with Gasteiger partial charge < -0.3 is 10.2 Å². The number of carbonyl (C=O) groups is 1. The zero-order valence-corrected chi connectivity index (χ0v) is 14.0. The van der Waals surface area contributed by atoms with Gasteiger partial charge in [0.1, 0.15) is 4.21 Å². The molecule has 0 atom stereocenters. The van der Waals surface area contributed by atoms with Crippen molar-refractivity contribution in [3.63, 3.8) is 0 Å². The number of urea groups is 1. The summed E-state index contributed by atoms with van der Waals surface area (Å²) in [6.45, 7) is 1.61. The molecule has 1 saturated heterocycles. The molecule has 0 spiro atoms. The van der Waals surface area contributed by atoms with Crippen LogP contribution in [0.25, 0.3) is 0 Å². The Morgan fingerprint density at radius 2 is 1.86 bits per heavy atom. The Bertz CT molecular complexity index is 601. The molecule has 122 valence electrons. The van der Waals surface area contributed by atoms with Gasteiger partial charge in [0.2, 0.25) is 0 Å². The summed E-state index contributed by atoms with van der Waals surface area (Å²) in [5.41, 5.74) is 0. The fourth-order valence-electron chi connectivity index (χ4n) is 3.01. The molecule has 2 fully saturated rings. The van der Waals surface area contributed by atoms with Crippen LogP contribution in [0.15, 0.2) is 21.7 Å². The molecule has 8 heteroatoms. The maximum atomic E-state index is 12.4. The summed E-state index contributed by atoms with van der Waals surface area (Å²) < 4.78 is 26.7. The number of amides is 2. The average Bonchev–Trinajstić information content (AvgIpc) is 3.21. The Hall–Kier alpha value is -1.12. The van der Waals surface area contributed by atoms with E-state index >= 15 is 0 Å². The van der Waals surface area contributed by atoms with Crippen molar-refractivity contribution in [2.75, 3.05) is 26.2 Å². The van der Waals surface area contributed by atoms with E-state index in [9.17, 15) is 13.2 Å². The first-order chi connectivity index (χ1) is 10.6. The highest BCUT2D eigenvalue weighted by Crippen LogP contribution is 2.22. The summed E-state index contributed by atoms with van der Waals surface area (Å²) in [5, 5.41) is 4.81. The lowest BCUT2D eigenvalue weighted by molar-refractivity contribution is 0.169. The Morgan fingerprint density at radius 1 is 1.18 bits per heavy atom. The molecule has 1 aromatic rings. The van der Waals surface area contributed by atoms with Crippen LogP contribution in [0.1, 0.15) is 25.7 Å². The van der Waals surface area contributed by atoms with Gasteiger partial charge in [-0.05, 0) is 24.3 Å². The quantitative estimate of drug-likeness (QED) is 0.908. The van der Waals surface area contributed by atoms with Crippen LogP contribution >= 0.6 is 11.3 Å². The van der Waals surface area contributed by atoms with Crippen LogP contribution in [-0.2, 0) is 10.0 Å². The van der Waals surface area contributed by atoms with Crippen molar-refractivity contribution in [3.05, 3.63) is 17.5 Å². The van der Waals surface area contributed by atoms with Crippen molar-refractivity contribution < 1.29 is 13.2 Å². The zero-order valence-electron chi connectivity index (χ0n) is 12.4. The predicted octanol–water partition coefficient (Wildman–Crippen LogP) is 1.71. The van der Waals surface area contributed by atoms with Crippen LogP contribution in [0.5, 0.6) is 0 Å². The maximum Gasteiger partial charge on any atom is 0.317 e. The Labute approximate surface area is 135 Å². The lowest BCUT2D eigenvalue weighted by atomic mass is 10.2. The Kier molecular flexibility index (Phi) is 4.70. The third-order valence-corrected chi connectivity index (χ3v) is 7.57. The molecule has 6 nitrogen and oxygen atoms in total. The minimum absolute atomic E-state index is 0.0555. The van der Waals surface area contributed by atoms with E-state index in [1.807, 2.05) is 0 Å². The number of thiophene rings is 1. The molecule has 1 saturated carbocycles. The predicted molar refractivity (Wildman–Crippen MR) is 85.4 cm³/mol. The molecular formula is C14H21N3O3S2. The number of rotatable bonds is 3. The Morgan fingerprint density at radius 3 is 2.45 bits per heavy atom. The van der Waals surface area contributed by atoms with Gasteiger partial charge in [-0.3, -0.25) is 0 Å². The summed E-state index contributed by atoms with van der Waals surface area (Å²) in [4.78, 5) is 13.9. The van der Waals surface area contributed by atoms with Crippen molar-refractivity contribution in [1.82, 2.24) is 14.5 Å². The second-order valence-corrected chi connectivity index (χ2v) is 8.87. The normalized spacial score (nSPS) is 21.2. The first-order valence-electron chi connectivity index (χ1n) is 7.66. The second kappa shape index (κ2) is 6.55. The van der Waals surface area contributed by atoms with Crippen molar-refractivity contribution in [3.8, 4) is 0 Å². The van der Waals surface area contributed by atoms with Crippen LogP contribution in [0.4, 0.5) is 4.79 Å². The lowest BCUT2D eigenvalue weighted by Gasteiger charge is -2.34. The standard InChI is InChI=1S/C14H21N3O3S2/c18-14(15-12-4-1-2-5-12)16-7-9-17(10-8-16)22(19,20)13-6-3-11-21-13/h3,6,11-12H,1-2,4-5,7-10H2,(H,15,18). The van der Waals surface area contributed by atoms with Gasteiger partial charge in [-0.1, -0.05) is 18.9 Å². The molecule has 0 unspecified atom stereocenters. The van der Waals surface area contributed by atoms with Crippen LogP contribution < -0.4 is 5.32 Å². The first-order valence-corrected chi connectivity index (χ1v) is 9.98. The lowest BCUT2D eigenvalue weighted by Crippen LogP contribution is -2.54. The fourth-order valence-corrected chi connectivity index (χ4v) is 5.57. The highest BCUT2D eigenvalue weighted by molar-refractivity contribution is 7.91. The number of hydrogen-bond acceptors (Lipinski definition) is 4. The van der Waals surface area contributed by atoms with E-state index in [0.29, 0.717) is 36.4 Å². The highest BCUT2D eigenvalue weighted by Gasteiger charge is 2.31. The number of piperazine rings is 1. The van der Waals surface area contributed by atoms with Crippen LogP contribution in [0, 0.1) is 0 Å². The van der Waals surface area contributed by atoms with E-state index in [-0.39, 0.29) is 6.03 Å². The molecular weight excluding hydrogens is 322 g/mol. The number of carbonyl (C=O) groups excluding carboxylic acids is 1. The molecule has 1 aliphatic carbocycles. The summed E-state index contributed by atoms with van der Waals surface area (Å²) >= 11 is 1.23. The number of nitrogens with one attached hydrogen (secondary N) is 1. The van der Waals surface area contributed by atoms with E-state index in [2.05, 4.69) is 5.32 Å². The minimum atomic E-state index is -3.40. The van der Waals surface area contributed by atoms with Gasteiger partial charge in [-0.2, -0.15) is 4.31 Å². The third kappa shape index (κ3) is 3.28. The Balaban J connectivity index is 1.55. The summed E-state index contributed by atoms with van der Waals surface area (Å²) in [7, 11) is -3.40. The summed E-state index contributed by atoms with van der Waals surface area (Å²) in [6, 6.07) is 3.60. The van der Waals surface area contributed by atoms with Gasteiger partial charge in [0.25, 0.3) is 10.0 Å². The minimum Gasteiger partial charge on any atom is -0.335 e. The molecule has 22 heavy (non-hydrogen) atoms. The highest BCUT2D eigenvalue weighted by atomic mass is 32.2. The van der Waals surface area contributed by atoms with Gasteiger partial charge in [-0.25, -0.2) is 13.2 Å². The third-order valence-electron chi connectivity index (χ3n) is 4.30. The molecule has 1 aliphatic heterocycles. The molecule has 2 heterocycles. The van der Waals surface area contributed by atoms with Crippen molar-refractivity contribution in [2.45, 2.75) is 35.9 Å². The fraction of sp³-hybridized carbons (Fsp3) is 0.643. The van der Waals surface area contributed by atoms with Gasteiger partial charge in [0.05, 0.1) is 0 Å². The second-order valence-electron chi connectivity index (χ2n) is 5.75. The van der Waals surface area contributed by atoms with Crippen molar-refractivity contribution in [1.29, 1.82) is 0 Å². The van der Waals surface area contributed by atoms with E-state index in [1.54, 1.807) is 22.4 Å². The molecule has 1 N–H and O–H groups in total. The van der Waals surface area contributed by atoms with Crippen LogP contribution in [-0.4, -0.2) is 55.9 Å². The van der Waals surface area contributed by atoms with Gasteiger partial charge in [0, 0.05) is 32.2 Å². The maximum absolute atomic E-state index is 12.4. The largest absolute Gasteiger partial charge is 0.335 e. The molecule has 2 amide bonds. The van der Waals surface area contributed by atoms with Gasteiger partial charge in [-0.15, -0.1) is 11.3 Å². The number of sulfonamides is 1. The monoisotopic (exact) mass is 343 g/mol. The van der Waals surface area contributed by atoms with E-state index in [4.69, 9.17) is 0 Å². The van der Waals surface area contributed by atoms with Gasteiger partial charge in [0.15, 0.2) is 0 Å². The van der Waals surface area contributed by atoms with E-state index in [0.717, 1.165) is 12.8 Å². The van der Waals surface area contributed by atoms with Crippen molar-refractivity contribution >= 4 is 27.4 Å². The van der Waals surface area contributed by atoms with Crippen LogP contribution in [0.3, 0.4) is 0 Å². The molecule has 0 bridgehead atoms. The molecule has 2 aliphatic rings. The average molecular weight is 343 g/mol. The molecule has 1 aromatic heterocycles.